The van der Waals surface area contributed by atoms with Crippen LogP contribution in [0.15, 0.2) is 12.3 Å². The lowest BCUT2D eigenvalue weighted by Crippen LogP contribution is -2.28. The van der Waals surface area contributed by atoms with Gasteiger partial charge in [-0.25, -0.2) is 4.98 Å². The highest BCUT2D eigenvalue weighted by Crippen LogP contribution is 2.24. The molecule has 5 nitrogen and oxygen atoms in total. The van der Waals surface area contributed by atoms with Gasteiger partial charge in [-0.05, 0) is 24.0 Å². The summed E-state index contributed by atoms with van der Waals surface area (Å²) in [6, 6.07) is 1.82. The molecule has 2 heterocycles. The number of nitrogens with zero attached hydrogens (tertiary/aromatic N) is 1. The molecule has 0 radical (unpaired) electrons. The van der Waals surface area contributed by atoms with Crippen LogP contribution in [0.1, 0.15) is 48.5 Å². The third-order valence-corrected chi connectivity index (χ3v) is 3.11. The highest BCUT2D eigenvalue weighted by atomic mass is 16.2. The van der Waals surface area contributed by atoms with E-state index in [1.807, 2.05) is 6.07 Å². The average Bonchev–Trinajstić information content (AvgIpc) is 2.49. The summed E-state index contributed by atoms with van der Waals surface area (Å²) in [5, 5.41) is 5.18. The minimum atomic E-state index is -0.249. The number of rotatable bonds is 3. The monoisotopic (exact) mass is 247 g/mol. The maximum Gasteiger partial charge on any atom is 0.255 e. The predicted octanol–water partition coefficient (Wildman–Crippen LogP) is 1.67. The van der Waals surface area contributed by atoms with Gasteiger partial charge in [-0.3, -0.25) is 9.59 Å². The van der Waals surface area contributed by atoms with Crippen molar-refractivity contribution >= 4 is 17.6 Å². The van der Waals surface area contributed by atoms with Gasteiger partial charge in [-0.2, -0.15) is 0 Å². The van der Waals surface area contributed by atoms with E-state index in [-0.39, 0.29) is 18.4 Å². The van der Waals surface area contributed by atoms with E-state index in [0.717, 1.165) is 18.4 Å². The SMILES string of the molecule is CCCC(C)c1cnc2c(c1)C(=O)NCC(=O)N2. The zero-order chi connectivity index (χ0) is 13.1. The second-order valence-electron chi connectivity index (χ2n) is 4.59. The standard InChI is InChI=1S/C13H17N3O2/c1-3-4-8(2)9-5-10-12(14-6-9)16-11(17)7-15-13(10)18/h5-6,8H,3-4,7H2,1-2H3,(H,15,18)(H,14,16,17). The molecule has 1 aromatic heterocycles. The van der Waals surface area contributed by atoms with Crippen LogP contribution in [0.4, 0.5) is 5.82 Å². The van der Waals surface area contributed by atoms with E-state index in [1.54, 1.807) is 6.20 Å². The van der Waals surface area contributed by atoms with Crippen molar-refractivity contribution in [1.29, 1.82) is 0 Å². The first kappa shape index (κ1) is 12.5. The van der Waals surface area contributed by atoms with E-state index in [2.05, 4.69) is 29.5 Å². The van der Waals surface area contributed by atoms with Gasteiger partial charge < -0.3 is 10.6 Å². The van der Waals surface area contributed by atoms with E-state index in [1.165, 1.54) is 0 Å². The molecule has 0 fully saturated rings. The highest BCUT2D eigenvalue weighted by molar-refractivity contribution is 6.07. The molecular formula is C13H17N3O2. The summed E-state index contributed by atoms with van der Waals surface area (Å²) in [6.45, 7) is 4.23. The van der Waals surface area contributed by atoms with Crippen LogP contribution >= 0.6 is 0 Å². The normalized spacial score (nSPS) is 16.3. The first-order valence-electron chi connectivity index (χ1n) is 6.19. The molecule has 0 saturated carbocycles. The number of hydrogen-bond donors (Lipinski definition) is 2. The molecule has 1 aliphatic heterocycles. The summed E-state index contributed by atoms with van der Waals surface area (Å²) in [6.07, 6.45) is 3.87. The van der Waals surface area contributed by atoms with Crippen LogP contribution in [0, 0.1) is 0 Å². The lowest BCUT2D eigenvalue weighted by molar-refractivity contribution is -0.115. The Morgan fingerprint density at radius 3 is 2.94 bits per heavy atom. The lowest BCUT2D eigenvalue weighted by Gasteiger charge is -2.12. The van der Waals surface area contributed by atoms with Crippen molar-refractivity contribution in [3.8, 4) is 0 Å². The van der Waals surface area contributed by atoms with Crippen LogP contribution in [-0.2, 0) is 4.79 Å². The summed E-state index contributed by atoms with van der Waals surface area (Å²) in [5.41, 5.74) is 1.48. The van der Waals surface area contributed by atoms with Crippen molar-refractivity contribution in [2.24, 2.45) is 0 Å². The molecule has 1 aliphatic rings. The zero-order valence-electron chi connectivity index (χ0n) is 10.6. The summed E-state index contributed by atoms with van der Waals surface area (Å²) in [5.74, 6) is 0.215. The Hall–Kier alpha value is -1.91. The second kappa shape index (κ2) is 5.16. The molecule has 2 N–H and O–H groups in total. The van der Waals surface area contributed by atoms with Crippen LogP contribution < -0.4 is 10.6 Å². The molecule has 2 rings (SSSR count). The second-order valence-corrected chi connectivity index (χ2v) is 4.59. The largest absolute Gasteiger partial charge is 0.343 e. The molecule has 1 unspecified atom stereocenters. The molecule has 0 spiro atoms. The minimum absolute atomic E-state index is 0.00492. The fourth-order valence-electron chi connectivity index (χ4n) is 2.05. The van der Waals surface area contributed by atoms with Crippen molar-refractivity contribution in [3.05, 3.63) is 23.4 Å². The number of anilines is 1. The maximum absolute atomic E-state index is 11.8. The first-order valence-corrected chi connectivity index (χ1v) is 6.19. The van der Waals surface area contributed by atoms with Gasteiger partial charge in [-0.1, -0.05) is 20.3 Å². The Kier molecular flexibility index (Phi) is 3.60. The fraction of sp³-hybridized carbons (Fsp3) is 0.462. The highest BCUT2D eigenvalue weighted by Gasteiger charge is 2.21. The van der Waals surface area contributed by atoms with Crippen molar-refractivity contribution in [2.45, 2.75) is 32.6 Å². The number of fused-ring (bicyclic) bond motifs is 1. The van der Waals surface area contributed by atoms with Gasteiger partial charge >= 0.3 is 0 Å². The Labute approximate surface area is 106 Å². The van der Waals surface area contributed by atoms with Crippen LogP contribution in [0.25, 0.3) is 0 Å². The molecule has 0 aliphatic carbocycles. The first-order chi connectivity index (χ1) is 8.61. The Morgan fingerprint density at radius 2 is 2.22 bits per heavy atom. The molecule has 5 heteroatoms. The summed E-state index contributed by atoms with van der Waals surface area (Å²) in [7, 11) is 0. The van der Waals surface area contributed by atoms with E-state index in [4.69, 9.17) is 0 Å². The van der Waals surface area contributed by atoms with Gasteiger partial charge in [0.1, 0.15) is 5.82 Å². The molecule has 0 bridgehead atoms. The average molecular weight is 247 g/mol. The van der Waals surface area contributed by atoms with Gasteiger partial charge in [0.05, 0.1) is 12.1 Å². The van der Waals surface area contributed by atoms with Gasteiger partial charge in [0.2, 0.25) is 5.91 Å². The Morgan fingerprint density at radius 1 is 1.44 bits per heavy atom. The fourth-order valence-corrected chi connectivity index (χ4v) is 2.05. The van der Waals surface area contributed by atoms with Crippen molar-refractivity contribution in [1.82, 2.24) is 10.3 Å². The molecule has 96 valence electrons. The number of nitrogens with one attached hydrogen (secondary N) is 2. The summed E-state index contributed by atoms with van der Waals surface area (Å²) >= 11 is 0. The van der Waals surface area contributed by atoms with Crippen LogP contribution in [0.2, 0.25) is 0 Å². The molecular weight excluding hydrogens is 230 g/mol. The predicted molar refractivity (Wildman–Crippen MR) is 68.5 cm³/mol. The van der Waals surface area contributed by atoms with Crippen molar-refractivity contribution in [2.75, 3.05) is 11.9 Å². The van der Waals surface area contributed by atoms with E-state index >= 15 is 0 Å². The Balaban J connectivity index is 2.35. The third-order valence-electron chi connectivity index (χ3n) is 3.11. The smallest absolute Gasteiger partial charge is 0.255 e. The molecule has 1 atom stereocenters. The van der Waals surface area contributed by atoms with Crippen LogP contribution in [-0.4, -0.2) is 23.3 Å². The molecule has 18 heavy (non-hydrogen) atoms. The quantitative estimate of drug-likeness (QED) is 0.853. The summed E-state index contributed by atoms with van der Waals surface area (Å²) in [4.78, 5) is 27.4. The van der Waals surface area contributed by atoms with Gasteiger partial charge in [0.15, 0.2) is 0 Å². The zero-order valence-corrected chi connectivity index (χ0v) is 10.6. The van der Waals surface area contributed by atoms with E-state index in [9.17, 15) is 9.59 Å². The summed E-state index contributed by atoms with van der Waals surface area (Å²) < 4.78 is 0. The van der Waals surface area contributed by atoms with Crippen LogP contribution in [0.5, 0.6) is 0 Å². The van der Waals surface area contributed by atoms with Crippen molar-refractivity contribution < 1.29 is 9.59 Å². The van der Waals surface area contributed by atoms with Crippen LogP contribution in [0.3, 0.4) is 0 Å². The Bertz CT molecular complexity index is 485. The third kappa shape index (κ3) is 2.50. The number of pyridine rings is 1. The molecule has 0 saturated heterocycles. The number of aromatic nitrogens is 1. The number of carbonyl (C=O) groups is 2. The topological polar surface area (TPSA) is 71.1 Å². The minimum Gasteiger partial charge on any atom is -0.343 e. The lowest BCUT2D eigenvalue weighted by atomic mass is 9.97. The molecule has 1 aromatic rings. The van der Waals surface area contributed by atoms with Crippen molar-refractivity contribution in [3.63, 3.8) is 0 Å². The van der Waals surface area contributed by atoms with Gasteiger partial charge in [-0.15, -0.1) is 0 Å². The maximum atomic E-state index is 11.8. The number of hydrogen-bond acceptors (Lipinski definition) is 3. The van der Waals surface area contributed by atoms with Gasteiger partial charge in [0, 0.05) is 6.20 Å². The van der Waals surface area contributed by atoms with Gasteiger partial charge in [0.25, 0.3) is 5.91 Å². The molecule has 2 amide bonds. The number of carbonyl (C=O) groups excluding carboxylic acids is 2. The van der Waals surface area contributed by atoms with E-state index in [0.29, 0.717) is 17.3 Å². The van der Waals surface area contributed by atoms with E-state index < -0.39 is 0 Å². The number of amides is 2. The molecule has 0 aromatic carbocycles.